The van der Waals surface area contributed by atoms with Gasteiger partial charge in [0.25, 0.3) is 0 Å². The molecule has 8 nitrogen and oxygen atoms in total. The fourth-order valence-electron chi connectivity index (χ4n) is 5.79. The SMILES string of the molecule is C/C=C\C[C@H]1C(=O)C2(CCC2)[C@@H](O)CC(=O)N[C@H](c2ccc3oc(C)nc3c2)C/C=C(/C)CCO[C@H](C)[C@H]1O. The molecule has 2 aromatic rings. The van der Waals surface area contributed by atoms with E-state index in [9.17, 15) is 19.8 Å². The number of allylic oxidation sites excluding steroid dienone is 2. The highest BCUT2D eigenvalue weighted by Gasteiger charge is 2.53. The van der Waals surface area contributed by atoms with Crippen LogP contribution in [0.2, 0.25) is 0 Å². The number of fused-ring (bicyclic) bond motifs is 1. The van der Waals surface area contributed by atoms with Crippen LogP contribution in [0.4, 0.5) is 0 Å². The second-order valence-electron chi connectivity index (χ2n) is 11.2. The van der Waals surface area contributed by atoms with Gasteiger partial charge in [0.1, 0.15) is 11.3 Å². The third kappa shape index (κ3) is 6.51. The van der Waals surface area contributed by atoms with Gasteiger partial charge in [-0.1, -0.05) is 36.3 Å². The Hall–Kier alpha value is -2.81. The molecule has 1 spiro atoms. The molecule has 1 aliphatic heterocycles. The molecule has 5 atom stereocenters. The first-order chi connectivity index (χ1) is 18.6. The zero-order valence-electron chi connectivity index (χ0n) is 23.5. The van der Waals surface area contributed by atoms with E-state index >= 15 is 0 Å². The highest BCUT2D eigenvalue weighted by molar-refractivity contribution is 5.90. The fraction of sp³-hybridized carbons (Fsp3) is 0.581. The summed E-state index contributed by atoms with van der Waals surface area (Å²) in [5, 5.41) is 25.6. The summed E-state index contributed by atoms with van der Waals surface area (Å²) >= 11 is 0. The lowest BCUT2D eigenvalue weighted by Crippen LogP contribution is -2.54. The smallest absolute Gasteiger partial charge is 0.223 e. The van der Waals surface area contributed by atoms with E-state index in [1.165, 1.54) is 0 Å². The number of benzene rings is 1. The van der Waals surface area contributed by atoms with Crippen molar-refractivity contribution in [3.8, 4) is 0 Å². The molecule has 0 radical (unpaired) electrons. The first-order valence-electron chi connectivity index (χ1n) is 14.1. The van der Waals surface area contributed by atoms with Gasteiger partial charge in [0.15, 0.2) is 11.5 Å². The Balaban J connectivity index is 1.64. The number of ketones is 1. The van der Waals surface area contributed by atoms with Gasteiger partial charge >= 0.3 is 0 Å². The summed E-state index contributed by atoms with van der Waals surface area (Å²) in [6.45, 7) is 7.87. The van der Waals surface area contributed by atoms with Crippen molar-refractivity contribution in [1.29, 1.82) is 0 Å². The predicted octanol–water partition coefficient (Wildman–Crippen LogP) is 4.87. The molecule has 0 saturated heterocycles. The number of aryl methyl sites for hydroxylation is 1. The Bertz CT molecular complexity index is 1230. The highest BCUT2D eigenvalue weighted by atomic mass is 16.5. The number of aliphatic hydroxyl groups is 2. The predicted molar refractivity (Wildman–Crippen MR) is 149 cm³/mol. The van der Waals surface area contributed by atoms with E-state index in [1.54, 1.807) is 13.8 Å². The van der Waals surface area contributed by atoms with Crippen LogP contribution in [0.1, 0.15) is 83.2 Å². The summed E-state index contributed by atoms with van der Waals surface area (Å²) in [6.07, 6.45) is 6.29. The van der Waals surface area contributed by atoms with Gasteiger partial charge < -0.3 is 24.7 Å². The number of carbonyl (C=O) groups is 2. The molecule has 39 heavy (non-hydrogen) atoms. The number of carbonyl (C=O) groups excluding carboxylic acids is 2. The van der Waals surface area contributed by atoms with E-state index in [2.05, 4.69) is 16.4 Å². The summed E-state index contributed by atoms with van der Waals surface area (Å²) in [5.41, 5.74) is 2.35. The number of hydrogen-bond acceptors (Lipinski definition) is 7. The van der Waals surface area contributed by atoms with Crippen molar-refractivity contribution in [2.75, 3.05) is 6.61 Å². The van der Waals surface area contributed by atoms with Crippen LogP contribution in [-0.2, 0) is 14.3 Å². The van der Waals surface area contributed by atoms with E-state index < -0.39 is 29.6 Å². The van der Waals surface area contributed by atoms with E-state index in [4.69, 9.17) is 9.15 Å². The molecule has 1 aliphatic carbocycles. The highest BCUT2D eigenvalue weighted by Crippen LogP contribution is 2.48. The van der Waals surface area contributed by atoms with Crippen molar-refractivity contribution in [2.24, 2.45) is 11.3 Å². The van der Waals surface area contributed by atoms with Gasteiger partial charge in [0, 0.05) is 6.92 Å². The Kier molecular flexibility index (Phi) is 9.41. The molecule has 4 rings (SSSR count). The Labute approximate surface area is 230 Å². The first kappa shape index (κ1) is 29.2. The number of hydrogen-bond donors (Lipinski definition) is 3. The monoisotopic (exact) mass is 538 g/mol. The van der Waals surface area contributed by atoms with Gasteiger partial charge in [-0.3, -0.25) is 9.59 Å². The van der Waals surface area contributed by atoms with Gasteiger partial charge in [-0.15, -0.1) is 0 Å². The number of oxazole rings is 1. The molecule has 1 aromatic heterocycles. The second kappa shape index (κ2) is 12.6. The van der Waals surface area contributed by atoms with Crippen LogP contribution in [0.5, 0.6) is 0 Å². The van der Waals surface area contributed by atoms with Crippen molar-refractivity contribution in [2.45, 2.75) is 97.0 Å². The zero-order valence-corrected chi connectivity index (χ0v) is 23.5. The van der Waals surface area contributed by atoms with E-state index in [1.807, 2.05) is 44.2 Å². The van der Waals surface area contributed by atoms with E-state index in [0.29, 0.717) is 50.2 Å². The molecule has 1 aromatic carbocycles. The van der Waals surface area contributed by atoms with Gasteiger partial charge in [-0.05, 0) is 70.6 Å². The summed E-state index contributed by atoms with van der Waals surface area (Å²) in [5.74, 6) is -0.639. The van der Waals surface area contributed by atoms with Crippen molar-refractivity contribution in [3.05, 3.63) is 53.5 Å². The van der Waals surface area contributed by atoms with Gasteiger partial charge in [-0.2, -0.15) is 0 Å². The third-order valence-corrected chi connectivity index (χ3v) is 8.44. The molecule has 212 valence electrons. The number of aromatic nitrogens is 1. The number of nitrogens with one attached hydrogen (secondary N) is 1. The number of rotatable bonds is 3. The number of amides is 1. The molecule has 3 N–H and O–H groups in total. The molecule has 1 fully saturated rings. The van der Waals surface area contributed by atoms with Crippen LogP contribution in [0, 0.1) is 18.3 Å². The Morgan fingerprint density at radius 2 is 1.97 bits per heavy atom. The minimum atomic E-state index is -1.14. The summed E-state index contributed by atoms with van der Waals surface area (Å²) in [6, 6.07) is 5.36. The van der Waals surface area contributed by atoms with Crippen molar-refractivity contribution >= 4 is 22.8 Å². The number of nitrogens with zero attached hydrogens (tertiary/aromatic N) is 1. The fourth-order valence-corrected chi connectivity index (χ4v) is 5.79. The van der Waals surface area contributed by atoms with Crippen LogP contribution < -0.4 is 5.32 Å². The molecule has 1 saturated carbocycles. The second-order valence-corrected chi connectivity index (χ2v) is 11.2. The maximum Gasteiger partial charge on any atom is 0.223 e. The van der Waals surface area contributed by atoms with Crippen molar-refractivity contribution in [1.82, 2.24) is 10.3 Å². The molecular weight excluding hydrogens is 496 g/mol. The number of aliphatic hydroxyl groups excluding tert-OH is 2. The van der Waals surface area contributed by atoms with Gasteiger partial charge in [0.05, 0.1) is 48.7 Å². The quantitative estimate of drug-likeness (QED) is 0.477. The largest absolute Gasteiger partial charge is 0.441 e. The lowest BCUT2D eigenvalue weighted by Gasteiger charge is -2.46. The Morgan fingerprint density at radius 1 is 1.21 bits per heavy atom. The van der Waals surface area contributed by atoms with Gasteiger partial charge in [-0.25, -0.2) is 4.98 Å². The zero-order chi connectivity index (χ0) is 28.2. The number of ether oxygens (including phenoxy) is 1. The minimum Gasteiger partial charge on any atom is -0.441 e. The van der Waals surface area contributed by atoms with Crippen molar-refractivity contribution in [3.63, 3.8) is 0 Å². The number of Topliss-reactive ketones (excluding diaryl/α,β-unsaturated/α-hetero) is 1. The average molecular weight is 539 g/mol. The molecule has 2 heterocycles. The maximum atomic E-state index is 13.9. The first-order valence-corrected chi connectivity index (χ1v) is 14.1. The maximum absolute atomic E-state index is 13.9. The Morgan fingerprint density at radius 3 is 2.67 bits per heavy atom. The minimum absolute atomic E-state index is 0.179. The van der Waals surface area contributed by atoms with Crippen LogP contribution in [0.3, 0.4) is 0 Å². The van der Waals surface area contributed by atoms with Crippen LogP contribution in [-0.4, -0.2) is 51.8 Å². The normalized spacial score (nSPS) is 30.7. The lowest BCUT2D eigenvalue weighted by molar-refractivity contribution is -0.158. The molecule has 0 unspecified atom stereocenters. The van der Waals surface area contributed by atoms with E-state index in [0.717, 1.165) is 23.1 Å². The summed E-state index contributed by atoms with van der Waals surface area (Å²) < 4.78 is 11.6. The molecule has 8 heteroatoms. The van der Waals surface area contributed by atoms with Gasteiger partial charge in [0.2, 0.25) is 5.91 Å². The third-order valence-electron chi connectivity index (χ3n) is 8.44. The summed E-state index contributed by atoms with van der Waals surface area (Å²) in [7, 11) is 0. The molecular formula is C31H42N2O6. The topological polar surface area (TPSA) is 122 Å². The van der Waals surface area contributed by atoms with E-state index in [-0.39, 0.29) is 24.2 Å². The van der Waals surface area contributed by atoms with Crippen LogP contribution >= 0.6 is 0 Å². The molecule has 1 amide bonds. The molecule has 0 bridgehead atoms. The lowest BCUT2D eigenvalue weighted by atomic mass is 9.58. The summed E-state index contributed by atoms with van der Waals surface area (Å²) in [4.78, 5) is 31.7. The van der Waals surface area contributed by atoms with Crippen LogP contribution in [0.15, 0.2) is 46.4 Å². The molecule has 2 aliphatic rings. The van der Waals surface area contributed by atoms with Crippen LogP contribution in [0.25, 0.3) is 11.1 Å². The van der Waals surface area contributed by atoms with Crippen molar-refractivity contribution < 1.29 is 29.0 Å². The average Bonchev–Trinajstić information content (AvgIpc) is 3.24. The standard InChI is InChI=1S/C31H42N2O6/c1-5-6-8-23-29(36)20(3)38-16-13-19(2)9-11-24(22-10-12-26-25(17-22)32-21(4)39-26)33-28(35)18-27(34)31(30(23)37)14-7-15-31/h5-6,9-10,12,17,20,23-24,27,29,34,36H,7-8,11,13-16,18H2,1-4H3,(H,33,35)/b6-5-,19-9-/t20-,23-,24+,27+,29-/m1/s1.